The number of para-hydroxylation sites is 1. The third kappa shape index (κ3) is 2.85. The first-order valence-electron chi connectivity index (χ1n) is 8.66. The van der Waals surface area contributed by atoms with Crippen LogP contribution in [-0.2, 0) is 0 Å². The molecule has 0 bridgehead atoms. The van der Waals surface area contributed by atoms with E-state index in [1.165, 1.54) is 25.9 Å². The van der Waals surface area contributed by atoms with Gasteiger partial charge in [0.25, 0.3) is 0 Å². The number of piperidine rings is 1. The highest BCUT2D eigenvalue weighted by Gasteiger charge is 2.20. The highest BCUT2D eigenvalue weighted by molar-refractivity contribution is 6.36. The van der Waals surface area contributed by atoms with E-state index in [0.29, 0.717) is 16.8 Å². The number of benzene rings is 1. The van der Waals surface area contributed by atoms with Crippen LogP contribution in [0.2, 0.25) is 5.02 Å². The first-order valence-corrected chi connectivity index (χ1v) is 9.04. The van der Waals surface area contributed by atoms with Crippen LogP contribution < -0.4 is 4.74 Å². The fourth-order valence-electron chi connectivity index (χ4n) is 3.55. The van der Waals surface area contributed by atoms with Gasteiger partial charge in [0.1, 0.15) is 0 Å². The molecule has 1 fully saturated rings. The molecule has 1 N–H and O–H groups in total. The molecule has 3 aromatic rings. The van der Waals surface area contributed by atoms with Crippen LogP contribution in [0.25, 0.3) is 21.7 Å². The summed E-state index contributed by atoms with van der Waals surface area (Å²) in [5, 5.41) is 3.85. The molecule has 0 spiro atoms. The lowest BCUT2D eigenvalue weighted by atomic mass is 9.98. The fraction of sp³-hybridized carbons (Fsp3) is 0.421. The maximum atomic E-state index is 6.34. The number of likely N-dealkylation sites (tertiary alicyclic amines) is 1. The van der Waals surface area contributed by atoms with Crippen molar-refractivity contribution in [3.63, 3.8) is 0 Å². The summed E-state index contributed by atoms with van der Waals surface area (Å²) < 4.78 is 6.14. The number of nitrogens with one attached hydrogen (secondary N) is 1. The smallest absolute Gasteiger partial charge is 0.223 e. The molecule has 1 aromatic carbocycles. The van der Waals surface area contributed by atoms with Gasteiger partial charge < -0.3 is 14.6 Å². The molecule has 0 saturated carbocycles. The van der Waals surface area contributed by atoms with Gasteiger partial charge in [-0.25, -0.2) is 4.98 Å². The van der Waals surface area contributed by atoms with Crippen molar-refractivity contribution in [2.75, 3.05) is 26.2 Å². The van der Waals surface area contributed by atoms with Crippen LogP contribution >= 0.6 is 11.6 Å². The van der Waals surface area contributed by atoms with Crippen LogP contribution in [0.5, 0.6) is 5.88 Å². The van der Waals surface area contributed by atoms with Gasteiger partial charge >= 0.3 is 0 Å². The minimum absolute atomic E-state index is 0.602. The van der Waals surface area contributed by atoms with Crippen LogP contribution in [0, 0.1) is 5.92 Å². The van der Waals surface area contributed by atoms with Crippen molar-refractivity contribution in [2.45, 2.75) is 19.8 Å². The van der Waals surface area contributed by atoms with E-state index >= 15 is 0 Å². The molecule has 0 unspecified atom stereocenters. The van der Waals surface area contributed by atoms with E-state index in [-0.39, 0.29) is 0 Å². The Balaban J connectivity index is 1.59. The Morgan fingerprint density at radius 3 is 2.79 bits per heavy atom. The van der Waals surface area contributed by atoms with Crippen LogP contribution in [0.3, 0.4) is 0 Å². The van der Waals surface area contributed by atoms with Crippen molar-refractivity contribution < 1.29 is 4.74 Å². The monoisotopic (exact) mass is 343 g/mol. The van der Waals surface area contributed by atoms with Crippen LogP contribution in [0.15, 0.2) is 30.6 Å². The lowest BCUT2D eigenvalue weighted by molar-refractivity contribution is 0.144. The van der Waals surface area contributed by atoms with Gasteiger partial charge in [-0.1, -0.05) is 30.7 Å². The number of rotatable bonds is 4. The van der Waals surface area contributed by atoms with Gasteiger partial charge in [-0.3, -0.25) is 0 Å². The number of hydrogen-bond donors (Lipinski definition) is 1. The standard InChI is InChI=1S/C19H22ClN3O/c1-2-23-8-6-13(7-9-23)12-24-19-16-11-21-10-15(16)14-4-3-5-17(20)18(14)22-19/h3-5,10-11,13,21H,2,6-9,12H2,1H3. The fourth-order valence-corrected chi connectivity index (χ4v) is 3.76. The maximum Gasteiger partial charge on any atom is 0.223 e. The zero-order chi connectivity index (χ0) is 16.5. The molecule has 24 heavy (non-hydrogen) atoms. The largest absolute Gasteiger partial charge is 0.477 e. The third-order valence-electron chi connectivity index (χ3n) is 5.08. The molecule has 0 atom stereocenters. The summed E-state index contributed by atoms with van der Waals surface area (Å²) in [6.07, 6.45) is 6.33. The van der Waals surface area contributed by atoms with E-state index in [2.05, 4.69) is 22.9 Å². The summed E-state index contributed by atoms with van der Waals surface area (Å²) in [4.78, 5) is 10.4. The van der Waals surface area contributed by atoms with E-state index in [0.717, 1.165) is 34.8 Å². The first kappa shape index (κ1) is 15.7. The predicted octanol–water partition coefficient (Wildman–Crippen LogP) is 4.48. The van der Waals surface area contributed by atoms with Crippen LogP contribution in [0.1, 0.15) is 19.8 Å². The molecule has 3 heterocycles. The second-order valence-corrected chi connectivity index (χ2v) is 6.93. The number of hydrogen-bond acceptors (Lipinski definition) is 3. The molecule has 1 saturated heterocycles. The predicted molar refractivity (Wildman–Crippen MR) is 98.9 cm³/mol. The molecule has 126 valence electrons. The van der Waals surface area contributed by atoms with Gasteiger partial charge in [0, 0.05) is 23.2 Å². The summed E-state index contributed by atoms with van der Waals surface area (Å²) in [5.41, 5.74) is 0.807. The average Bonchev–Trinajstić information content (AvgIpc) is 3.11. The topological polar surface area (TPSA) is 41.1 Å². The van der Waals surface area contributed by atoms with E-state index in [1.807, 2.05) is 24.5 Å². The van der Waals surface area contributed by atoms with Crippen molar-refractivity contribution in [3.05, 3.63) is 35.6 Å². The highest BCUT2D eigenvalue weighted by Crippen LogP contribution is 2.34. The Hall–Kier alpha value is -1.78. The summed E-state index contributed by atoms with van der Waals surface area (Å²) in [7, 11) is 0. The zero-order valence-electron chi connectivity index (χ0n) is 13.9. The number of ether oxygens (including phenoxy) is 1. The van der Waals surface area contributed by atoms with Crippen molar-refractivity contribution in [1.29, 1.82) is 0 Å². The molecule has 5 heteroatoms. The van der Waals surface area contributed by atoms with Gasteiger partial charge in [-0.2, -0.15) is 0 Å². The second-order valence-electron chi connectivity index (χ2n) is 6.52. The van der Waals surface area contributed by atoms with Gasteiger partial charge in [0.15, 0.2) is 0 Å². The Labute approximate surface area is 146 Å². The van der Waals surface area contributed by atoms with E-state index in [1.54, 1.807) is 0 Å². The molecule has 0 radical (unpaired) electrons. The molecule has 4 rings (SSSR count). The molecule has 0 amide bonds. The summed E-state index contributed by atoms with van der Waals surface area (Å²) in [5.74, 6) is 1.29. The molecule has 0 aliphatic carbocycles. The minimum atomic E-state index is 0.602. The Morgan fingerprint density at radius 1 is 1.21 bits per heavy atom. The highest BCUT2D eigenvalue weighted by atomic mass is 35.5. The molecule has 4 nitrogen and oxygen atoms in total. The van der Waals surface area contributed by atoms with E-state index in [4.69, 9.17) is 21.3 Å². The Morgan fingerprint density at radius 2 is 2.00 bits per heavy atom. The molecule has 1 aliphatic rings. The number of aromatic nitrogens is 2. The first-order chi connectivity index (χ1) is 11.8. The average molecular weight is 344 g/mol. The number of fused-ring (bicyclic) bond motifs is 3. The lowest BCUT2D eigenvalue weighted by Crippen LogP contribution is -2.35. The number of aromatic amines is 1. The zero-order valence-corrected chi connectivity index (χ0v) is 14.6. The van der Waals surface area contributed by atoms with Crippen molar-refractivity contribution in [2.24, 2.45) is 5.92 Å². The molecular formula is C19H22ClN3O. The normalized spacial score (nSPS) is 16.9. The quantitative estimate of drug-likeness (QED) is 0.759. The Bertz CT molecular complexity index is 852. The number of halogens is 1. The van der Waals surface area contributed by atoms with Crippen molar-refractivity contribution >= 4 is 33.3 Å². The summed E-state index contributed by atoms with van der Waals surface area (Å²) in [6.45, 7) is 6.42. The second kappa shape index (κ2) is 6.61. The van der Waals surface area contributed by atoms with Gasteiger partial charge in [-0.05, 0) is 44.5 Å². The van der Waals surface area contributed by atoms with E-state index in [9.17, 15) is 0 Å². The van der Waals surface area contributed by atoms with Crippen LogP contribution in [0.4, 0.5) is 0 Å². The van der Waals surface area contributed by atoms with Crippen molar-refractivity contribution in [3.8, 4) is 5.88 Å². The van der Waals surface area contributed by atoms with Gasteiger partial charge in [-0.15, -0.1) is 0 Å². The number of nitrogens with zero attached hydrogens (tertiary/aromatic N) is 2. The maximum absolute atomic E-state index is 6.34. The minimum Gasteiger partial charge on any atom is -0.477 e. The van der Waals surface area contributed by atoms with E-state index < -0.39 is 0 Å². The summed E-state index contributed by atoms with van der Waals surface area (Å²) >= 11 is 6.34. The SMILES string of the molecule is CCN1CCC(COc2nc3c(Cl)cccc3c3c[nH]cc23)CC1. The lowest BCUT2D eigenvalue weighted by Gasteiger charge is -2.30. The van der Waals surface area contributed by atoms with Crippen LogP contribution in [-0.4, -0.2) is 41.1 Å². The van der Waals surface area contributed by atoms with Gasteiger partial charge in [0.2, 0.25) is 5.88 Å². The number of H-pyrrole nitrogens is 1. The summed E-state index contributed by atoms with van der Waals surface area (Å²) in [6, 6.07) is 5.88. The molecular weight excluding hydrogens is 322 g/mol. The van der Waals surface area contributed by atoms with Crippen molar-refractivity contribution in [1.82, 2.24) is 14.9 Å². The molecule has 1 aliphatic heterocycles. The molecule has 2 aromatic heterocycles. The van der Waals surface area contributed by atoms with Gasteiger partial charge in [0.05, 0.1) is 22.5 Å². The number of pyridine rings is 1. The third-order valence-corrected chi connectivity index (χ3v) is 5.38. The Kier molecular flexibility index (Phi) is 4.33.